The Morgan fingerprint density at radius 2 is 2.17 bits per heavy atom. The van der Waals surface area contributed by atoms with E-state index >= 15 is 0 Å². The Morgan fingerprint density at radius 3 is 2.96 bits per heavy atom. The first-order chi connectivity index (χ1) is 11.5. The van der Waals surface area contributed by atoms with Crippen molar-refractivity contribution in [1.82, 2.24) is 9.80 Å². The number of carbonyl (C=O) groups excluding carboxylic acids is 1. The topological polar surface area (TPSA) is 78.7 Å². The molecule has 0 unspecified atom stereocenters. The fourth-order valence-corrected chi connectivity index (χ4v) is 3.68. The Labute approximate surface area is 145 Å². The van der Waals surface area contributed by atoms with Crippen LogP contribution in [0.5, 0.6) is 0 Å². The number of rotatable bonds is 4. The molecule has 1 aromatic rings. The van der Waals surface area contributed by atoms with E-state index in [0.29, 0.717) is 18.3 Å². The van der Waals surface area contributed by atoms with Crippen LogP contribution in [-0.2, 0) is 4.79 Å². The summed E-state index contributed by atoms with van der Waals surface area (Å²) in [5, 5.41) is 13.7. The zero-order valence-electron chi connectivity index (χ0n) is 13.4. The molecule has 24 heavy (non-hydrogen) atoms. The number of hydrogen-bond donors (Lipinski definition) is 1. The van der Waals surface area contributed by atoms with Gasteiger partial charge in [0.2, 0.25) is 5.91 Å². The molecule has 0 radical (unpaired) electrons. The van der Waals surface area contributed by atoms with E-state index in [0.717, 1.165) is 19.6 Å². The van der Waals surface area contributed by atoms with Gasteiger partial charge in [-0.25, -0.2) is 0 Å². The number of halogens is 1. The molecule has 130 valence electrons. The van der Waals surface area contributed by atoms with Crippen LogP contribution in [0.25, 0.3) is 0 Å². The quantitative estimate of drug-likeness (QED) is 0.664. The zero-order chi connectivity index (χ0) is 17.1. The number of piperazine rings is 1. The van der Waals surface area contributed by atoms with Crippen LogP contribution < -0.4 is 5.32 Å². The van der Waals surface area contributed by atoms with Crippen LogP contribution in [0.3, 0.4) is 0 Å². The highest BCUT2D eigenvalue weighted by molar-refractivity contribution is 6.32. The Morgan fingerprint density at radius 1 is 1.33 bits per heavy atom. The first kappa shape index (κ1) is 17.1. The molecule has 1 aromatic carbocycles. The van der Waals surface area contributed by atoms with Gasteiger partial charge in [-0.1, -0.05) is 18.0 Å². The molecule has 1 amide bonds. The van der Waals surface area contributed by atoms with E-state index in [1.165, 1.54) is 37.9 Å². The normalized spacial score (nSPS) is 22.0. The van der Waals surface area contributed by atoms with Crippen LogP contribution in [0.15, 0.2) is 18.2 Å². The number of nitrogens with zero attached hydrogens (tertiary/aromatic N) is 3. The van der Waals surface area contributed by atoms with Gasteiger partial charge in [-0.15, -0.1) is 0 Å². The van der Waals surface area contributed by atoms with Crippen molar-refractivity contribution in [2.24, 2.45) is 0 Å². The fourth-order valence-electron chi connectivity index (χ4n) is 3.50. The van der Waals surface area contributed by atoms with Crippen molar-refractivity contribution in [1.29, 1.82) is 0 Å². The van der Waals surface area contributed by atoms with Crippen LogP contribution in [0, 0.1) is 10.1 Å². The third-order valence-corrected chi connectivity index (χ3v) is 5.03. The number of fused-ring (bicyclic) bond motifs is 1. The smallest absolute Gasteiger partial charge is 0.289 e. The van der Waals surface area contributed by atoms with Gasteiger partial charge in [0.15, 0.2) is 0 Å². The largest absolute Gasteiger partial charge is 0.325 e. The second-order valence-corrected chi connectivity index (χ2v) is 6.80. The molecule has 8 heteroatoms. The van der Waals surface area contributed by atoms with Gasteiger partial charge < -0.3 is 5.32 Å². The Kier molecular flexibility index (Phi) is 5.33. The summed E-state index contributed by atoms with van der Waals surface area (Å²) in [4.78, 5) is 27.3. The van der Waals surface area contributed by atoms with Gasteiger partial charge in [-0.05, 0) is 31.5 Å². The lowest BCUT2D eigenvalue weighted by molar-refractivity contribution is -0.384. The molecule has 2 fully saturated rings. The van der Waals surface area contributed by atoms with Gasteiger partial charge in [0, 0.05) is 37.4 Å². The van der Waals surface area contributed by atoms with Crippen molar-refractivity contribution in [3.05, 3.63) is 33.3 Å². The molecule has 0 saturated carbocycles. The second-order valence-electron chi connectivity index (χ2n) is 6.39. The second kappa shape index (κ2) is 7.46. The summed E-state index contributed by atoms with van der Waals surface area (Å²) in [5.74, 6) is -0.157. The van der Waals surface area contributed by atoms with Crippen molar-refractivity contribution in [2.75, 3.05) is 38.0 Å². The standard InChI is InChI=1S/C16H21ClN4O3/c17-14-5-4-12(9-15(14)21(23)24)18-16(22)11-19-7-8-20-6-2-1-3-13(20)10-19/h4-5,9,13H,1-3,6-8,10-11H2,(H,18,22)/t13-/m1/s1. The summed E-state index contributed by atoms with van der Waals surface area (Å²) >= 11 is 5.78. The molecule has 0 spiro atoms. The molecule has 2 heterocycles. The van der Waals surface area contributed by atoms with Gasteiger partial charge >= 0.3 is 0 Å². The van der Waals surface area contributed by atoms with Gasteiger partial charge in [0.25, 0.3) is 5.69 Å². The third kappa shape index (κ3) is 4.03. The van der Waals surface area contributed by atoms with Crippen molar-refractivity contribution >= 4 is 28.9 Å². The van der Waals surface area contributed by atoms with E-state index in [1.54, 1.807) is 6.07 Å². The summed E-state index contributed by atoms with van der Waals surface area (Å²) < 4.78 is 0. The van der Waals surface area contributed by atoms with E-state index in [2.05, 4.69) is 15.1 Å². The van der Waals surface area contributed by atoms with Gasteiger partial charge in [-0.2, -0.15) is 0 Å². The zero-order valence-corrected chi connectivity index (χ0v) is 14.2. The van der Waals surface area contributed by atoms with Crippen LogP contribution >= 0.6 is 11.6 Å². The van der Waals surface area contributed by atoms with Crippen LogP contribution in [0.4, 0.5) is 11.4 Å². The molecule has 2 aliphatic heterocycles. The van der Waals surface area contributed by atoms with Gasteiger partial charge in [0.1, 0.15) is 5.02 Å². The highest BCUT2D eigenvalue weighted by atomic mass is 35.5. The Bertz CT molecular complexity index is 640. The molecule has 7 nitrogen and oxygen atoms in total. The van der Waals surface area contributed by atoms with E-state index in [1.807, 2.05) is 0 Å². The molecule has 1 N–H and O–H groups in total. The predicted octanol–water partition coefficient (Wildman–Crippen LogP) is 2.36. The van der Waals surface area contributed by atoms with E-state index in [9.17, 15) is 14.9 Å². The summed E-state index contributed by atoms with van der Waals surface area (Å²) in [6.07, 6.45) is 3.73. The third-order valence-electron chi connectivity index (χ3n) is 4.72. The SMILES string of the molecule is O=C(CN1CCN2CCCC[C@@H]2C1)Nc1ccc(Cl)c([N+](=O)[O-])c1. The molecule has 0 aromatic heterocycles. The lowest BCUT2D eigenvalue weighted by Gasteiger charge is -2.43. The number of nitro groups is 1. The van der Waals surface area contributed by atoms with E-state index in [-0.39, 0.29) is 16.6 Å². The number of amides is 1. The average molecular weight is 353 g/mol. The fraction of sp³-hybridized carbons (Fsp3) is 0.562. The summed E-state index contributed by atoms with van der Waals surface area (Å²) in [5.41, 5.74) is 0.192. The van der Waals surface area contributed by atoms with Crippen LogP contribution in [0.2, 0.25) is 5.02 Å². The minimum atomic E-state index is -0.555. The number of benzene rings is 1. The summed E-state index contributed by atoms with van der Waals surface area (Å²) in [7, 11) is 0. The minimum Gasteiger partial charge on any atom is -0.325 e. The molecule has 0 bridgehead atoms. The first-order valence-electron chi connectivity index (χ1n) is 8.23. The highest BCUT2D eigenvalue weighted by Gasteiger charge is 2.29. The molecule has 3 rings (SSSR count). The Balaban J connectivity index is 1.56. The average Bonchev–Trinajstić information content (AvgIpc) is 2.56. The monoisotopic (exact) mass is 352 g/mol. The maximum absolute atomic E-state index is 12.2. The number of nitrogens with one attached hydrogen (secondary N) is 1. The highest BCUT2D eigenvalue weighted by Crippen LogP contribution is 2.27. The minimum absolute atomic E-state index is 0.0615. The van der Waals surface area contributed by atoms with Gasteiger partial charge in [0.05, 0.1) is 11.5 Å². The maximum atomic E-state index is 12.2. The molecule has 2 saturated heterocycles. The Hall–Kier alpha value is -1.70. The van der Waals surface area contributed by atoms with Crippen LogP contribution in [0.1, 0.15) is 19.3 Å². The molecular formula is C16H21ClN4O3. The number of nitro benzene ring substituents is 1. The van der Waals surface area contributed by atoms with Crippen molar-refractivity contribution in [2.45, 2.75) is 25.3 Å². The first-order valence-corrected chi connectivity index (χ1v) is 8.61. The van der Waals surface area contributed by atoms with E-state index in [4.69, 9.17) is 11.6 Å². The van der Waals surface area contributed by atoms with Crippen LogP contribution in [-0.4, -0.2) is 59.4 Å². The number of piperidine rings is 1. The van der Waals surface area contributed by atoms with Gasteiger partial charge in [-0.3, -0.25) is 24.7 Å². The summed E-state index contributed by atoms with van der Waals surface area (Å²) in [6, 6.07) is 4.85. The van der Waals surface area contributed by atoms with Crippen molar-refractivity contribution < 1.29 is 9.72 Å². The molecule has 2 aliphatic rings. The number of hydrogen-bond acceptors (Lipinski definition) is 5. The lowest BCUT2D eigenvalue weighted by atomic mass is 9.99. The maximum Gasteiger partial charge on any atom is 0.289 e. The van der Waals surface area contributed by atoms with Crippen molar-refractivity contribution in [3.8, 4) is 0 Å². The number of carbonyl (C=O) groups is 1. The summed E-state index contributed by atoms with van der Waals surface area (Å²) in [6.45, 7) is 4.27. The van der Waals surface area contributed by atoms with E-state index < -0.39 is 4.92 Å². The predicted molar refractivity (Wildman–Crippen MR) is 92.4 cm³/mol. The number of anilines is 1. The molecule has 0 aliphatic carbocycles. The van der Waals surface area contributed by atoms with Crippen molar-refractivity contribution in [3.63, 3.8) is 0 Å². The molecule has 1 atom stereocenters. The molecular weight excluding hydrogens is 332 g/mol. The lowest BCUT2D eigenvalue weighted by Crippen LogP contribution is -2.55.